The maximum atomic E-state index is 3.58. The molecule has 13 heavy (non-hydrogen) atoms. The smallest absolute Gasteiger partial charge is 0.0205 e. The number of hydrogen-bond donors (Lipinski definition) is 2. The van der Waals surface area contributed by atoms with Gasteiger partial charge in [0.15, 0.2) is 0 Å². The van der Waals surface area contributed by atoms with Crippen molar-refractivity contribution >= 4 is 0 Å². The van der Waals surface area contributed by atoms with Gasteiger partial charge in [0.05, 0.1) is 0 Å². The molecule has 0 radical (unpaired) electrons. The Kier molecular flexibility index (Phi) is 5.35. The van der Waals surface area contributed by atoms with Gasteiger partial charge in [-0.15, -0.1) is 0 Å². The number of likely N-dealkylation sites (N-methyl/N-ethyl adjacent to an activating group) is 1. The first-order valence-electron chi connectivity index (χ1n) is 5.53. The van der Waals surface area contributed by atoms with E-state index in [0.29, 0.717) is 0 Å². The Balaban J connectivity index is 1.98. The van der Waals surface area contributed by atoms with Gasteiger partial charge in [0, 0.05) is 25.7 Å². The molecule has 0 aromatic heterocycles. The second kappa shape index (κ2) is 6.35. The number of hydrogen-bond acceptors (Lipinski definition) is 3. The zero-order valence-electron chi connectivity index (χ0n) is 8.97. The first kappa shape index (κ1) is 11.0. The second-order valence-electron chi connectivity index (χ2n) is 3.67. The Morgan fingerprint density at radius 2 is 2.15 bits per heavy atom. The highest BCUT2D eigenvalue weighted by molar-refractivity contribution is 4.77. The number of rotatable bonds is 6. The Labute approximate surface area is 81.9 Å². The van der Waals surface area contributed by atoms with Crippen LogP contribution in [0.4, 0.5) is 0 Å². The molecule has 3 heteroatoms. The van der Waals surface area contributed by atoms with E-state index in [-0.39, 0.29) is 0 Å². The van der Waals surface area contributed by atoms with E-state index in [9.17, 15) is 0 Å². The fraction of sp³-hybridized carbons (Fsp3) is 1.00. The summed E-state index contributed by atoms with van der Waals surface area (Å²) in [5.74, 6) is 0. The molecule has 2 N–H and O–H groups in total. The van der Waals surface area contributed by atoms with Gasteiger partial charge in [0.2, 0.25) is 0 Å². The molecule has 1 fully saturated rings. The third kappa shape index (κ3) is 4.07. The van der Waals surface area contributed by atoms with E-state index >= 15 is 0 Å². The van der Waals surface area contributed by atoms with Crippen molar-refractivity contribution in [2.45, 2.75) is 26.3 Å². The molecule has 0 saturated carbocycles. The van der Waals surface area contributed by atoms with E-state index in [1.54, 1.807) is 0 Å². The summed E-state index contributed by atoms with van der Waals surface area (Å²) in [4.78, 5) is 2.45. The molecule has 1 saturated heterocycles. The van der Waals surface area contributed by atoms with Crippen LogP contribution in [0.1, 0.15) is 20.3 Å². The van der Waals surface area contributed by atoms with Crippen LogP contribution in [0.15, 0.2) is 0 Å². The van der Waals surface area contributed by atoms with Crippen molar-refractivity contribution < 1.29 is 0 Å². The molecule has 1 heterocycles. The standard InChI is InChI=1S/C10H23N3/c1-3-13(4-2)8-7-12-10-5-6-11-9-10/h10-12H,3-9H2,1-2H3. The van der Waals surface area contributed by atoms with Crippen LogP contribution < -0.4 is 10.6 Å². The van der Waals surface area contributed by atoms with E-state index in [2.05, 4.69) is 29.4 Å². The summed E-state index contributed by atoms with van der Waals surface area (Å²) < 4.78 is 0. The molecule has 3 nitrogen and oxygen atoms in total. The minimum atomic E-state index is 0.718. The molecule has 1 aliphatic rings. The predicted octanol–water partition coefficient (Wildman–Crippen LogP) is 0.280. The van der Waals surface area contributed by atoms with E-state index in [4.69, 9.17) is 0 Å². The van der Waals surface area contributed by atoms with Crippen molar-refractivity contribution in [2.24, 2.45) is 0 Å². The first-order chi connectivity index (χ1) is 6.36. The van der Waals surface area contributed by atoms with E-state index in [1.165, 1.54) is 32.6 Å². The Morgan fingerprint density at radius 3 is 2.69 bits per heavy atom. The van der Waals surface area contributed by atoms with Gasteiger partial charge in [-0.3, -0.25) is 0 Å². The van der Waals surface area contributed by atoms with Crippen molar-refractivity contribution in [1.82, 2.24) is 15.5 Å². The SMILES string of the molecule is CCN(CC)CCNC1CCNC1. The highest BCUT2D eigenvalue weighted by Crippen LogP contribution is 1.96. The number of nitrogens with one attached hydrogen (secondary N) is 2. The van der Waals surface area contributed by atoms with Gasteiger partial charge < -0.3 is 15.5 Å². The van der Waals surface area contributed by atoms with Crippen LogP contribution in [-0.4, -0.2) is 50.2 Å². The maximum absolute atomic E-state index is 3.58. The van der Waals surface area contributed by atoms with Crippen LogP contribution in [0.3, 0.4) is 0 Å². The first-order valence-corrected chi connectivity index (χ1v) is 5.53. The highest BCUT2D eigenvalue weighted by atomic mass is 15.1. The molecule has 0 amide bonds. The van der Waals surface area contributed by atoms with Crippen molar-refractivity contribution in [3.63, 3.8) is 0 Å². The van der Waals surface area contributed by atoms with Crippen molar-refractivity contribution in [3.05, 3.63) is 0 Å². The average Bonchev–Trinajstić information content (AvgIpc) is 2.65. The van der Waals surface area contributed by atoms with Crippen LogP contribution in [0, 0.1) is 0 Å². The largest absolute Gasteiger partial charge is 0.315 e. The van der Waals surface area contributed by atoms with Gasteiger partial charge in [-0.05, 0) is 26.1 Å². The molecule has 78 valence electrons. The zero-order chi connectivity index (χ0) is 9.52. The van der Waals surface area contributed by atoms with Crippen LogP contribution in [0.2, 0.25) is 0 Å². The van der Waals surface area contributed by atoms with Gasteiger partial charge in [-0.25, -0.2) is 0 Å². The van der Waals surface area contributed by atoms with Gasteiger partial charge in [0.1, 0.15) is 0 Å². The summed E-state index contributed by atoms with van der Waals surface area (Å²) in [7, 11) is 0. The van der Waals surface area contributed by atoms with Gasteiger partial charge >= 0.3 is 0 Å². The van der Waals surface area contributed by atoms with Crippen LogP contribution in [0.5, 0.6) is 0 Å². The van der Waals surface area contributed by atoms with E-state index < -0.39 is 0 Å². The van der Waals surface area contributed by atoms with Crippen LogP contribution in [0.25, 0.3) is 0 Å². The third-order valence-electron chi connectivity index (χ3n) is 2.82. The summed E-state index contributed by atoms with van der Waals surface area (Å²) in [5, 5.41) is 6.94. The Morgan fingerprint density at radius 1 is 1.38 bits per heavy atom. The quantitative estimate of drug-likeness (QED) is 0.622. The average molecular weight is 185 g/mol. The van der Waals surface area contributed by atoms with Gasteiger partial charge in [-0.2, -0.15) is 0 Å². The molecule has 1 aliphatic heterocycles. The lowest BCUT2D eigenvalue weighted by Crippen LogP contribution is -2.38. The van der Waals surface area contributed by atoms with E-state index in [0.717, 1.165) is 19.1 Å². The molecular formula is C10H23N3. The molecule has 1 atom stereocenters. The van der Waals surface area contributed by atoms with E-state index in [1.807, 2.05) is 0 Å². The highest BCUT2D eigenvalue weighted by Gasteiger charge is 2.12. The fourth-order valence-electron chi connectivity index (χ4n) is 1.80. The third-order valence-corrected chi connectivity index (χ3v) is 2.82. The zero-order valence-corrected chi connectivity index (χ0v) is 8.97. The molecule has 0 spiro atoms. The minimum absolute atomic E-state index is 0.718. The molecular weight excluding hydrogens is 162 g/mol. The Hall–Kier alpha value is -0.120. The molecule has 0 aromatic rings. The maximum Gasteiger partial charge on any atom is 0.0205 e. The minimum Gasteiger partial charge on any atom is -0.315 e. The van der Waals surface area contributed by atoms with Crippen molar-refractivity contribution in [1.29, 1.82) is 0 Å². The topological polar surface area (TPSA) is 27.3 Å². The molecule has 1 rings (SSSR count). The summed E-state index contributed by atoms with van der Waals surface area (Å²) in [6, 6.07) is 0.718. The molecule has 0 aromatic carbocycles. The molecule has 1 unspecified atom stereocenters. The van der Waals surface area contributed by atoms with Crippen molar-refractivity contribution in [2.75, 3.05) is 39.3 Å². The summed E-state index contributed by atoms with van der Waals surface area (Å²) in [6.45, 7) is 11.4. The van der Waals surface area contributed by atoms with Crippen LogP contribution >= 0.6 is 0 Å². The molecule has 0 aliphatic carbocycles. The second-order valence-corrected chi connectivity index (χ2v) is 3.67. The van der Waals surface area contributed by atoms with Gasteiger partial charge in [0.25, 0.3) is 0 Å². The monoisotopic (exact) mass is 185 g/mol. The van der Waals surface area contributed by atoms with Crippen molar-refractivity contribution in [3.8, 4) is 0 Å². The number of nitrogens with zero attached hydrogens (tertiary/aromatic N) is 1. The Bertz CT molecular complexity index is 115. The van der Waals surface area contributed by atoms with Crippen LogP contribution in [-0.2, 0) is 0 Å². The lowest BCUT2D eigenvalue weighted by atomic mass is 10.2. The van der Waals surface area contributed by atoms with Gasteiger partial charge in [-0.1, -0.05) is 13.8 Å². The summed E-state index contributed by atoms with van der Waals surface area (Å²) in [6.07, 6.45) is 1.29. The summed E-state index contributed by atoms with van der Waals surface area (Å²) >= 11 is 0. The lowest BCUT2D eigenvalue weighted by Gasteiger charge is -2.19. The summed E-state index contributed by atoms with van der Waals surface area (Å²) in [5.41, 5.74) is 0. The molecule has 0 bridgehead atoms. The normalized spacial score (nSPS) is 22.8. The lowest BCUT2D eigenvalue weighted by molar-refractivity contribution is 0.297. The predicted molar refractivity (Wildman–Crippen MR) is 57.1 cm³/mol. The fourth-order valence-corrected chi connectivity index (χ4v) is 1.80.